The van der Waals surface area contributed by atoms with Crippen molar-refractivity contribution in [1.29, 1.82) is 0 Å². The van der Waals surface area contributed by atoms with E-state index in [2.05, 4.69) is 10.6 Å². The lowest BCUT2D eigenvalue weighted by Crippen LogP contribution is -2.54. The Balaban J connectivity index is 2.08. The van der Waals surface area contributed by atoms with Gasteiger partial charge in [-0.25, -0.2) is 4.79 Å². The summed E-state index contributed by atoms with van der Waals surface area (Å²) in [4.78, 5) is 49.4. The Morgan fingerprint density at radius 3 is 2.00 bits per heavy atom. The van der Waals surface area contributed by atoms with E-state index < -0.39 is 41.9 Å². The first-order valence-corrected chi connectivity index (χ1v) is 11.1. The van der Waals surface area contributed by atoms with Gasteiger partial charge in [-0.05, 0) is 24.5 Å². The Hall–Kier alpha value is -3.88. The molecule has 0 aromatic heterocycles. The average molecular weight is 470 g/mol. The first kappa shape index (κ1) is 26.4. The van der Waals surface area contributed by atoms with E-state index in [0.717, 1.165) is 11.1 Å². The maximum absolute atomic E-state index is 13.0. The number of rotatable bonds is 12. The number of alkyl carbamates (subject to hydrolysis) is 1. The second-order valence-corrected chi connectivity index (χ2v) is 7.80. The SMILES string of the molecule is CCOC(=O)[C@H](C)C[C@H](NC(=O)[C@H](Cc1ccccc1)NC(=O)OCc1ccccc1)C(N)=O. The van der Waals surface area contributed by atoms with E-state index in [1.807, 2.05) is 60.7 Å². The second kappa shape index (κ2) is 13.6. The highest BCUT2D eigenvalue weighted by molar-refractivity contribution is 5.91. The van der Waals surface area contributed by atoms with Gasteiger partial charge in [-0.15, -0.1) is 0 Å². The average Bonchev–Trinajstić information content (AvgIpc) is 2.83. The number of carbonyl (C=O) groups is 4. The molecule has 2 rings (SSSR count). The van der Waals surface area contributed by atoms with Gasteiger partial charge in [0.05, 0.1) is 12.5 Å². The molecule has 0 aliphatic heterocycles. The minimum absolute atomic E-state index is 0.0313. The topological polar surface area (TPSA) is 137 Å². The van der Waals surface area contributed by atoms with E-state index >= 15 is 0 Å². The standard InChI is InChI=1S/C25H31N3O6/c1-3-33-24(31)17(2)14-20(22(26)29)27-23(30)21(15-18-10-6-4-7-11-18)28-25(32)34-16-19-12-8-5-9-13-19/h4-13,17,20-21H,3,14-16H2,1-2H3,(H2,26,29)(H,27,30)(H,28,32)/t17-,20+,21+/m1/s1. The Morgan fingerprint density at radius 1 is 0.853 bits per heavy atom. The summed E-state index contributed by atoms with van der Waals surface area (Å²) in [5.41, 5.74) is 7.04. The lowest BCUT2D eigenvalue weighted by Gasteiger charge is -2.23. The summed E-state index contributed by atoms with van der Waals surface area (Å²) in [7, 11) is 0. The van der Waals surface area contributed by atoms with Gasteiger partial charge in [0, 0.05) is 6.42 Å². The van der Waals surface area contributed by atoms with Gasteiger partial charge in [0.25, 0.3) is 0 Å². The van der Waals surface area contributed by atoms with Gasteiger partial charge >= 0.3 is 12.1 Å². The number of hydrogen-bond acceptors (Lipinski definition) is 6. The predicted octanol–water partition coefficient (Wildman–Crippen LogP) is 2.08. The van der Waals surface area contributed by atoms with E-state index in [1.165, 1.54) is 0 Å². The van der Waals surface area contributed by atoms with Crippen LogP contribution in [0.3, 0.4) is 0 Å². The number of primary amides is 1. The fourth-order valence-corrected chi connectivity index (χ4v) is 3.22. The first-order valence-electron chi connectivity index (χ1n) is 11.1. The number of nitrogens with two attached hydrogens (primary N) is 1. The molecule has 9 heteroatoms. The lowest BCUT2D eigenvalue weighted by molar-refractivity contribution is -0.148. The van der Waals surface area contributed by atoms with Gasteiger partial charge in [-0.3, -0.25) is 14.4 Å². The summed E-state index contributed by atoms with van der Waals surface area (Å²) in [6.45, 7) is 3.49. The molecule has 0 bridgehead atoms. The number of nitrogens with one attached hydrogen (secondary N) is 2. The van der Waals surface area contributed by atoms with Crippen LogP contribution in [0.25, 0.3) is 0 Å². The van der Waals surface area contributed by atoms with Crippen LogP contribution in [0.4, 0.5) is 4.79 Å². The van der Waals surface area contributed by atoms with Crippen molar-refractivity contribution in [3.8, 4) is 0 Å². The maximum Gasteiger partial charge on any atom is 0.408 e. The van der Waals surface area contributed by atoms with Gasteiger partial charge in [-0.1, -0.05) is 67.6 Å². The van der Waals surface area contributed by atoms with Crippen LogP contribution in [0.15, 0.2) is 60.7 Å². The Bertz CT molecular complexity index is 952. The fourth-order valence-electron chi connectivity index (χ4n) is 3.22. The number of amides is 3. The minimum atomic E-state index is -1.12. The highest BCUT2D eigenvalue weighted by atomic mass is 16.5. The summed E-state index contributed by atoms with van der Waals surface area (Å²) < 4.78 is 10.2. The molecule has 3 amide bonds. The normalized spacial score (nSPS) is 13.1. The Labute approximate surface area is 199 Å². The molecule has 182 valence electrons. The summed E-state index contributed by atoms with van der Waals surface area (Å²) in [5, 5.41) is 5.11. The fraction of sp³-hybridized carbons (Fsp3) is 0.360. The zero-order valence-corrected chi connectivity index (χ0v) is 19.4. The molecule has 34 heavy (non-hydrogen) atoms. The van der Waals surface area contributed by atoms with Crippen molar-refractivity contribution in [1.82, 2.24) is 10.6 Å². The van der Waals surface area contributed by atoms with Crippen LogP contribution < -0.4 is 16.4 Å². The Kier molecular flexibility index (Phi) is 10.6. The molecule has 0 aliphatic rings. The third-order valence-electron chi connectivity index (χ3n) is 5.04. The van der Waals surface area contributed by atoms with Crippen LogP contribution in [0.2, 0.25) is 0 Å². The number of carbonyl (C=O) groups excluding carboxylic acids is 4. The molecule has 9 nitrogen and oxygen atoms in total. The smallest absolute Gasteiger partial charge is 0.408 e. The number of hydrogen-bond donors (Lipinski definition) is 3. The molecule has 0 fully saturated rings. The van der Waals surface area contributed by atoms with Crippen LogP contribution in [-0.2, 0) is 36.9 Å². The minimum Gasteiger partial charge on any atom is -0.466 e. The summed E-state index contributed by atoms with van der Waals surface area (Å²) in [6.07, 6.45) is -0.655. The lowest BCUT2D eigenvalue weighted by atomic mass is 10.00. The molecule has 0 unspecified atom stereocenters. The van der Waals surface area contributed by atoms with E-state index in [0.29, 0.717) is 0 Å². The van der Waals surface area contributed by atoms with Crippen molar-refractivity contribution >= 4 is 23.9 Å². The summed E-state index contributed by atoms with van der Waals surface area (Å²) in [6, 6.07) is 16.0. The molecule has 0 aliphatic carbocycles. The van der Waals surface area contributed by atoms with Gasteiger partial charge < -0.3 is 25.8 Å². The molecule has 2 aromatic rings. The second-order valence-electron chi connectivity index (χ2n) is 7.80. The molecular formula is C25H31N3O6. The van der Waals surface area contributed by atoms with Gasteiger partial charge in [-0.2, -0.15) is 0 Å². The monoisotopic (exact) mass is 469 g/mol. The zero-order chi connectivity index (χ0) is 24.9. The Morgan fingerprint density at radius 2 is 1.44 bits per heavy atom. The summed E-state index contributed by atoms with van der Waals surface area (Å²) >= 11 is 0. The van der Waals surface area contributed by atoms with Crippen molar-refractivity contribution in [2.75, 3.05) is 6.61 Å². The third-order valence-corrected chi connectivity index (χ3v) is 5.04. The van der Waals surface area contributed by atoms with Gasteiger partial charge in [0.1, 0.15) is 18.7 Å². The first-order chi connectivity index (χ1) is 16.3. The van der Waals surface area contributed by atoms with Crippen LogP contribution in [-0.4, -0.2) is 42.6 Å². The quantitative estimate of drug-likeness (QED) is 0.407. The van der Waals surface area contributed by atoms with E-state index in [4.69, 9.17) is 15.2 Å². The summed E-state index contributed by atoms with van der Waals surface area (Å²) in [5.74, 6) is -2.57. The molecule has 0 radical (unpaired) electrons. The van der Waals surface area contributed by atoms with Crippen molar-refractivity contribution in [3.05, 3.63) is 71.8 Å². The third kappa shape index (κ3) is 8.93. The molecular weight excluding hydrogens is 438 g/mol. The molecule has 0 spiro atoms. The van der Waals surface area contributed by atoms with Crippen LogP contribution >= 0.6 is 0 Å². The van der Waals surface area contributed by atoms with Crippen molar-refractivity contribution in [3.63, 3.8) is 0 Å². The highest BCUT2D eigenvalue weighted by Gasteiger charge is 2.29. The largest absolute Gasteiger partial charge is 0.466 e. The van der Waals surface area contributed by atoms with E-state index in [-0.39, 0.29) is 26.1 Å². The van der Waals surface area contributed by atoms with Crippen LogP contribution in [0.5, 0.6) is 0 Å². The predicted molar refractivity (Wildman–Crippen MR) is 125 cm³/mol. The van der Waals surface area contributed by atoms with Crippen molar-refractivity contribution in [2.45, 2.75) is 45.4 Å². The van der Waals surface area contributed by atoms with Crippen LogP contribution in [0, 0.1) is 5.92 Å². The molecule has 2 aromatic carbocycles. The zero-order valence-electron chi connectivity index (χ0n) is 19.4. The molecule has 0 heterocycles. The number of esters is 1. The van der Waals surface area contributed by atoms with Crippen molar-refractivity contribution in [2.24, 2.45) is 11.7 Å². The van der Waals surface area contributed by atoms with E-state index in [1.54, 1.807) is 13.8 Å². The molecule has 0 saturated carbocycles. The number of benzene rings is 2. The number of ether oxygens (including phenoxy) is 2. The molecule has 0 saturated heterocycles. The van der Waals surface area contributed by atoms with Crippen molar-refractivity contribution < 1.29 is 28.7 Å². The molecule has 4 N–H and O–H groups in total. The van der Waals surface area contributed by atoms with Crippen LogP contribution in [0.1, 0.15) is 31.4 Å². The maximum atomic E-state index is 13.0. The van der Waals surface area contributed by atoms with Gasteiger partial charge in [0.2, 0.25) is 11.8 Å². The van der Waals surface area contributed by atoms with E-state index in [9.17, 15) is 19.2 Å². The molecule has 3 atom stereocenters. The highest BCUT2D eigenvalue weighted by Crippen LogP contribution is 2.10. The van der Waals surface area contributed by atoms with Gasteiger partial charge in [0.15, 0.2) is 0 Å².